The molecule has 0 aromatic rings. The molecule has 9 heteroatoms. The van der Waals surface area contributed by atoms with Crippen molar-refractivity contribution in [2.75, 3.05) is 20.5 Å². The Morgan fingerprint density at radius 2 is 2.04 bits per heavy atom. The second-order valence-corrected chi connectivity index (χ2v) is 8.25. The van der Waals surface area contributed by atoms with E-state index in [1.54, 1.807) is 6.92 Å². The Morgan fingerprint density at radius 1 is 1.27 bits per heavy atom. The van der Waals surface area contributed by atoms with Gasteiger partial charge in [-0.15, -0.1) is 0 Å². The first-order valence-electron chi connectivity index (χ1n) is 8.81. The van der Waals surface area contributed by atoms with Crippen LogP contribution in [0.4, 0.5) is 0 Å². The number of hydrogen-bond donors (Lipinski definition) is 1. The van der Waals surface area contributed by atoms with Gasteiger partial charge in [0, 0.05) is 13.0 Å². The Hall–Kier alpha value is -1.26. The summed E-state index contributed by atoms with van der Waals surface area (Å²) in [4.78, 5) is 25.1. The maximum atomic E-state index is 12.7. The first-order valence-corrected chi connectivity index (χ1v) is 8.81. The van der Waals surface area contributed by atoms with E-state index in [2.05, 4.69) is 0 Å². The van der Waals surface area contributed by atoms with Crippen LogP contribution in [0.3, 0.4) is 0 Å². The van der Waals surface area contributed by atoms with Crippen LogP contribution >= 0.6 is 0 Å². The maximum Gasteiger partial charge on any atom is 0.339 e. The number of hydrogen-bond acceptors (Lipinski definition) is 9. The van der Waals surface area contributed by atoms with E-state index in [9.17, 15) is 14.7 Å². The van der Waals surface area contributed by atoms with Gasteiger partial charge in [-0.25, -0.2) is 4.79 Å². The summed E-state index contributed by atoms with van der Waals surface area (Å²) in [7, 11) is 1.50. The van der Waals surface area contributed by atoms with Crippen molar-refractivity contribution in [3.8, 4) is 0 Å². The van der Waals surface area contributed by atoms with Crippen LogP contribution in [0.1, 0.15) is 20.3 Å². The second-order valence-electron chi connectivity index (χ2n) is 8.25. The summed E-state index contributed by atoms with van der Waals surface area (Å²) < 4.78 is 34.2. The van der Waals surface area contributed by atoms with Crippen molar-refractivity contribution in [2.24, 2.45) is 17.3 Å². The van der Waals surface area contributed by atoms with Gasteiger partial charge in [0.2, 0.25) is 0 Å². The summed E-state index contributed by atoms with van der Waals surface area (Å²) in [5.74, 6) is -2.20. The number of methoxy groups -OCH3 is 1. The number of esters is 2. The molecule has 1 spiro atoms. The quantitative estimate of drug-likeness (QED) is 0.512. The van der Waals surface area contributed by atoms with Crippen molar-refractivity contribution in [3.63, 3.8) is 0 Å². The molecule has 1 N–H and O–H groups in total. The van der Waals surface area contributed by atoms with E-state index in [1.165, 1.54) is 7.11 Å². The lowest BCUT2D eigenvalue weighted by atomic mass is 9.48. The van der Waals surface area contributed by atoms with E-state index >= 15 is 0 Å². The molecule has 0 aromatic carbocycles. The molecule has 5 rings (SSSR count). The standard InChI is InChI=1S/C17H22O9/c1-15-4-8-16(2)17(11(18)13(20)25-16)10(15)9(23-6-21-3)14(26-17)22-5-7(15)12(19)24-8/h7-11,14,18H,4-6H2,1-3H3/t7?,8?,9-,10-,11-,14+,15-,16+,17-/m1/s1. The third-order valence-electron chi connectivity index (χ3n) is 7.18. The summed E-state index contributed by atoms with van der Waals surface area (Å²) in [5, 5.41) is 10.8. The number of rotatable bonds is 3. The minimum Gasteiger partial charge on any atom is -0.458 e. The van der Waals surface area contributed by atoms with Crippen LogP contribution in [0.2, 0.25) is 0 Å². The van der Waals surface area contributed by atoms with Crippen LogP contribution in [0.25, 0.3) is 0 Å². The number of ether oxygens (including phenoxy) is 6. The molecule has 9 nitrogen and oxygen atoms in total. The van der Waals surface area contributed by atoms with E-state index in [1.807, 2.05) is 6.92 Å². The van der Waals surface area contributed by atoms with E-state index in [0.29, 0.717) is 6.42 Å². The zero-order valence-corrected chi connectivity index (χ0v) is 14.8. The lowest BCUT2D eigenvalue weighted by Crippen LogP contribution is -2.76. The highest BCUT2D eigenvalue weighted by Crippen LogP contribution is 2.69. The Labute approximate surface area is 149 Å². The second kappa shape index (κ2) is 4.96. The number of aliphatic hydroxyl groups is 1. The van der Waals surface area contributed by atoms with Crippen molar-refractivity contribution < 1.29 is 43.1 Å². The Bertz CT molecular complexity index is 681. The topological polar surface area (TPSA) is 110 Å². The van der Waals surface area contributed by atoms with Crippen molar-refractivity contribution in [1.82, 2.24) is 0 Å². The molecule has 5 fully saturated rings. The predicted molar refractivity (Wildman–Crippen MR) is 80.4 cm³/mol. The third kappa shape index (κ3) is 1.61. The van der Waals surface area contributed by atoms with Gasteiger partial charge >= 0.3 is 11.9 Å². The molecule has 4 aliphatic heterocycles. The van der Waals surface area contributed by atoms with E-state index in [4.69, 9.17) is 28.4 Å². The normalized spacial score (nSPS) is 56.8. The van der Waals surface area contributed by atoms with Crippen molar-refractivity contribution in [1.29, 1.82) is 0 Å². The van der Waals surface area contributed by atoms with Gasteiger partial charge in [0.15, 0.2) is 23.6 Å². The average molecular weight is 370 g/mol. The van der Waals surface area contributed by atoms with Crippen molar-refractivity contribution in [2.45, 2.75) is 56.1 Å². The molecule has 5 aliphatic rings. The SMILES string of the molecule is COCO[C@H]1[C@H]2OCC3C(=O)OC4C[C@@]3(C)[C@@H]1[C@@]1(O2)[C@H](O)C(=O)O[C@@]41C. The first-order chi connectivity index (χ1) is 12.3. The Balaban J connectivity index is 1.73. The fraction of sp³-hybridized carbons (Fsp3) is 0.882. The zero-order valence-electron chi connectivity index (χ0n) is 14.8. The molecule has 1 aliphatic carbocycles. The molecular formula is C17H22O9. The molecule has 26 heavy (non-hydrogen) atoms. The number of carbonyl (C=O) groups excluding carboxylic acids is 2. The number of aliphatic hydroxyl groups excluding tert-OH is 1. The van der Waals surface area contributed by atoms with Crippen molar-refractivity contribution >= 4 is 11.9 Å². The van der Waals surface area contributed by atoms with E-state index in [0.717, 1.165) is 0 Å². The molecule has 2 unspecified atom stereocenters. The van der Waals surface area contributed by atoms with Gasteiger partial charge in [-0.1, -0.05) is 6.92 Å². The summed E-state index contributed by atoms with van der Waals surface area (Å²) in [6, 6.07) is 0. The Morgan fingerprint density at radius 3 is 2.77 bits per heavy atom. The smallest absolute Gasteiger partial charge is 0.339 e. The van der Waals surface area contributed by atoms with Gasteiger partial charge in [0.25, 0.3) is 0 Å². The molecule has 0 amide bonds. The third-order valence-corrected chi connectivity index (χ3v) is 7.18. The van der Waals surface area contributed by atoms with Gasteiger partial charge < -0.3 is 33.5 Å². The first kappa shape index (κ1) is 16.9. The van der Waals surface area contributed by atoms with E-state index in [-0.39, 0.29) is 19.4 Å². The molecule has 0 aromatic heterocycles. The average Bonchev–Trinajstić information content (AvgIpc) is 2.96. The highest BCUT2D eigenvalue weighted by Gasteiger charge is 2.85. The lowest BCUT2D eigenvalue weighted by Gasteiger charge is -2.61. The highest BCUT2D eigenvalue weighted by atomic mass is 16.8. The zero-order chi connectivity index (χ0) is 18.5. The van der Waals surface area contributed by atoms with Crippen LogP contribution in [-0.2, 0) is 38.0 Å². The fourth-order valence-electron chi connectivity index (χ4n) is 5.99. The molecule has 4 saturated heterocycles. The molecule has 9 atom stereocenters. The molecule has 4 heterocycles. The largest absolute Gasteiger partial charge is 0.458 e. The van der Waals surface area contributed by atoms with Gasteiger partial charge in [-0.2, -0.15) is 0 Å². The molecular weight excluding hydrogens is 348 g/mol. The summed E-state index contributed by atoms with van der Waals surface area (Å²) in [5.41, 5.74) is -3.37. The van der Waals surface area contributed by atoms with Gasteiger partial charge in [-0.05, 0) is 18.8 Å². The van der Waals surface area contributed by atoms with Gasteiger partial charge in [0.1, 0.15) is 19.0 Å². The van der Waals surface area contributed by atoms with Gasteiger partial charge in [0.05, 0.1) is 12.5 Å². The molecule has 1 saturated carbocycles. The summed E-state index contributed by atoms with van der Waals surface area (Å²) in [6.07, 6.45) is -3.20. The summed E-state index contributed by atoms with van der Waals surface area (Å²) >= 11 is 0. The minimum absolute atomic E-state index is 0.00327. The van der Waals surface area contributed by atoms with Crippen molar-refractivity contribution in [3.05, 3.63) is 0 Å². The molecule has 4 bridgehead atoms. The number of fused-ring (bicyclic) bond motifs is 3. The van der Waals surface area contributed by atoms with Crippen LogP contribution in [0, 0.1) is 17.3 Å². The maximum absolute atomic E-state index is 12.7. The van der Waals surface area contributed by atoms with Crippen LogP contribution in [-0.4, -0.2) is 73.4 Å². The molecule has 144 valence electrons. The van der Waals surface area contributed by atoms with Gasteiger partial charge in [-0.3, -0.25) is 4.79 Å². The van der Waals surface area contributed by atoms with Crippen LogP contribution < -0.4 is 0 Å². The summed E-state index contributed by atoms with van der Waals surface area (Å²) in [6.45, 7) is 3.74. The predicted octanol–water partition coefficient (Wildman–Crippen LogP) is -0.655. The monoisotopic (exact) mass is 370 g/mol. The highest BCUT2D eigenvalue weighted by molar-refractivity contribution is 5.82. The van der Waals surface area contributed by atoms with Crippen LogP contribution in [0.5, 0.6) is 0 Å². The molecule has 0 radical (unpaired) electrons. The Kier molecular flexibility index (Phi) is 3.22. The lowest BCUT2D eigenvalue weighted by molar-refractivity contribution is -0.316. The number of carbonyl (C=O) groups is 2. The van der Waals surface area contributed by atoms with Crippen LogP contribution in [0.15, 0.2) is 0 Å². The fourth-order valence-corrected chi connectivity index (χ4v) is 5.99. The minimum atomic E-state index is -1.52. The van der Waals surface area contributed by atoms with E-state index < -0.39 is 59.0 Å².